The topological polar surface area (TPSA) is 20.2 Å². The summed E-state index contributed by atoms with van der Waals surface area (Å²) in [5, 5.41) is 10.5. The summed E-state index contributed by atoms with van der Waals surface area (Å²) in [5.41, 5.74) is -1.09. The number of alkyl halides is 3. The van der Waals surface area contributed by atoms with Crippen LogP contribution >= 0.6 is 23.5 Å². The highest BCUT2D eigenvalue weighted by Crippen LogP contribution is 2.41. The fourth-order valence-corrected chi connectivity index (χ4v) is 5.50. The Hall–Kier alpha value is -0.400. The van der Waals surface area contributed by atoms with E-state index in [9.17, 15) is 22.7 Å². The number of aliphatic hydroxyl groups excluding tert-OH is 1. The smallest absolute Gasteiger partial charge is 0.387 e. The van der Waals surface area contributed by atoms with Crippen LogP contribution in [0.15, 0.2) is 18.2 Å². The minimum atomic E-state index is -4.71. The highest BCUT2D eigenvalue weighted by Gasteiger charge is 2.36. The van der Waals surface area contributed by atoms with E-state index in [1.165, 1.54) is 6.07 Å². The van der Waals surface area contributed by atoms with Crippen molar-refractivity contribution in [1.29, 1.82) is 0 Å². The van der Waals surface area contributed by atoms with Gasteiger partial charge in [0.25, 0.3) is 0 Å². The van der Waals surface area contributed by atoms with Gasteiger partial charge < -0.3 is 5.11 Å². The minimum absolute atomic E-state index is 0.120. The number of rotatable bonds is 3. The van der Waals surface area contributed by atoms with Crippen molar-refractivity contribution in [1.82, 2.24) is 0 Å². The summed E-state index contributed by atoms with van der Waals surface area (Å²) in [6.07, 6.45) is -4.80. The van der Waals surface area contributed by atoms with Crippen LogP contribution in [-0.4, -0.2) is 27.1 Å². The van der Waals surface area contributed by atoms with Crippen LogP contribution in [0.25, 0.3) is 0 Å². The third kappa shape index (κ3) is 3.87. The zero-order chi connectivity index (χ0) is 15.6. The van der Waals surface area contributed by atoms with Crippen molar-refractivity contribution in [2.45, 2.75) is 36.1 Å². The first-order valence-corrected chi connectivity index (χ1v) is 8.72. The predicted octanol–water partition coefficient (Wildman–Crippen LogP) is 4.51. The fourth-order valence-electron chi connectivity index (χ4n) is 2.37. The molecule has 1 nitrogen and oxygen atoms in total. The number of benzene rings is 1. The molecule has 1 N–H and O–H groups in total. The van der Waals surface area contributed by atoms with Crippen molar-refractivity contribution in [2.75, 3.05) is 11.5 Å². The van der Waals surface area contributed by atoms with Crippen molar-refractivity contribution in [2.24, 2.45) is 0 Å². The number of halogens is 4. The van der Waals surface area contributed by atoms with E-state index in [2.05, 4.69) is 0 Å². The summed E-state index contributed by atoms with van der Waals surface area (Å²) in [6, 6.07) is 2.68. The molecule has 0 aromatic heterocycles. The molecule has 0 spiro atoms. The molecule has 2 rings (SSSR count). The monoisotopic (exact) mass is 340 g/mol. The van der Waals surface area contributed by atoms with Crippen molar-refractivity contribution < 1.29 is 22.7 Å². The summed E-state index contributed by atoms with van der Waals surface area (Å²) >= 11 is 3.35. The first-order chi connectivity index (χ1) is 9.84. The van der Waals surface area contributed by atoms with Gasteiger partial charge in [0.1, 0.15) is 5.82 Å². The van der Waals surface area contributed by atoms with Gasteiger partial charge in [0.15, 0.2) is 0 Å². The molecular formula is C14H16F4OS2. The molecule has 1 aliphatic rings. The maximum absolute atomic E-state index is 13.6. The van der Waals surface area contributed by atoms with Gasteiger partial charge in [0.05, 0.1) is 11.7 Å². The predicted molar refractivity (Wildman–Crippen MR) is 79.1 cm³/mol. The van der Waals surface area contributed by atoms with Gasteiger partial charge in [0, 0.05) is 22.0 Å². The van der Waals surface area contributed by atoms with Crippen molar-refractivity contribution in [3.8, 4) is 0 Å². The van der Waals surface area contributed by atoms with E-state index in [-0.39, 0.29) is 16.1 Å². The van der Waals surface area contributed by atoms with Crippen LogP contribution in [0.3, 0.4) is 0 Å². The first kappa shape index (κ1) is 17.0. The van der Waals surface area contributed by atoms with E-state index in [0.717, 1.165) is 24.0 Å². The Morgan fingerprint density at radius 1 is 1.29 bits per heavy atom. The van der Waals surface area contributed by atoms with Gasteiger partial charge in [-0.15, -0.1) is 0 Å². The van der Waals surface area contributed by atoms with Gasteiger partial charge in [-0.05, 0) is 24.1 Å². The van der Waals surface area contributed by atoms with Gasteiger partial charge in [-0.1, -0.05) is 13.0 Å². The molecular weight excluding hydrogens is 324 g/mol. The molecule has 21 heavy (non-hydrogen) atoms. The Labute approximate surface area is 129 Å². The Balaban J connectivity index is 2.23. The second-order valence-corrected chi connectivity index (χ2v) is 7.47. The summed E-state index contributed by atoms with van der Waals surface area (Å²) in [6.45, 7) is 2.01. The van der Waals surface area contributed by atoms with Crippen molar-refractivity contribution in [3.63, 3.8) is 0 Å². The zero-order valence-corrected chi connectivity index (χ0v) is 13.0. The summed E-state index contributed by atoms with van der Waals surface area (Å²) in [4.78, 5) is 0. The molecule has 3 atom stereocenters. The van der Waals surface area contributed by atoms with E-state index >= 15 is 0 Å². The average molecular weight is 340 g/mol. The molecule has 0 saturated carbocycles. The molecule has 1 aliphatic heterocycles. The Bertz CT molecular complexity index is 492. The van der Waals surface area contributed by atoms with E-state index in [4.69, 9.17) is 0 Å². The minimum Gasteiger partial charge on any atom is -0.387 e. The first-order valence-electron chi connectivity index (χ1n) is 6.62. The Morgan fingerprint density at radius 3 is 2.52 bits per heavy atom. The molecule has 0 radical (unpaired) electrons. The van der Waals surface area contributed by atoms with Crippen LogP contribution in [0.2, 0.25) is 0 Å². The van der Waals surface area contributed by atoms with E-state index in [0.29, 0.717) is 6.07 Å². The molecule has 7 heteroatoms. The third-order valence-corrected chi connectivity index (χ3v) is 6.78. The molecule has 1 saturated heterocycles. The van der Waals surface area contributed by atoms with Gasteiger partial charge >= 0.3 is 6.18 Å². The molecule has 0 aliphatic carbocycles. The number of thioether (sulfide) groups is 2. The van der Waals surface area contributed by atoms with E-state index in [1.807, 2.05) is 6.92 Å². The summed E-state index contributed by atoms with van der Waals surface area (Å²) in [7, 11) is 0. The molecule has 1 aromatic carbocycles. The Morgan fingerprint density at radius 2 is 1.95 bits per heavy atom. The van der Waals surface area contributed by atoms with Gasteiger partial charge in [-0.3, -0.25) is 0 Å². The molecule has 1 aromatic rings. The van der Waals surface area contributed by atoms with E-state index < -0.39 is 23.7 Å². The van der Waals surface area contributed by atoms with Gasteiger partial charge in [-0.2, -0.15) is 36.7 Å². The lowest BCUT2D eigenvalue weighted by Gasteiger charge is -2.33. The molecule has 0 amide bonds. The van der Waals surface area contributed by atoms with Crippen LogP contribution in [0, 0.1) is 5.82 Å². The Kier molecular flexibility index (Phi) is 5.48. The maximum Gasteiger partial charge on any atom is 0.419 e. The summed E-state index contributed by atoms with van der Waals surface area (Å²) < 4.78 is 51.2. The highest BCUT2D eigenvalue weighted by atomic mass is 32.2. The van der Waals surface area contributed by atoms with Crippen LogP contribution in [0.1, 0.15) is 30.6 Å². The standard InChI is InChI=1S/C14H16F4OS2/c1-2-11-13(21-6-5-20-11)12(19)8-3-4-9(10(15)7-8)14(16,17)18/h3-4,7,11-13,19H,2,5-6H2,1H3. The van der Waals surface area contributed by atoms with Gasteiger partial charge in [-0.25, -0.2) is 4.39 Å². The third-order valence-electron chi connectivity index (χ3n) is 3.45. The normalized spacial score (nSPS) is 24.9. The van der Waals surface area contributed by atoms with E-state index in [1.54, 1.807) is 23.5 Å². The summed E-state index contributed by atoms with van der Waals surface area (Å²) in [5.74, 6) is 0.542. The number of hydrogen-bond donors (Lipinski definition) is 1. The molecule has 1 fully saturated rings. The van der Waals surface area contributed by atoms with Crippen LogP contribution < -0.4 is 0 Å². The van der Waals surface area contributed by atoms with Crippen molar-refractivity contribution in [3.05, 3.63) is 35.1 Å². The average Bonchev–Trinajstić information content (AvgIpc) is 2.45. The maximum atomic E-state index is 13.6. The number of hydrogen-bond acceptors (Lipinski definition) is 3. The second kappa shape index (κ2) is 6.79. The van der Waals surface area contributed by atoms with Gasteiger partial charge in [0.2, 0.25) is 0 Å². The lowest BCUT2D eigenvalue weighted by atomic mass is 10.0. The molecule has 3 unspecified atom stereocenters. The second-order valence-electron chi connectivity index (χ2n) is 4.83. The fraction of sp³-hybridized carbons (Fsp3) is 0.571. The van der Waals surface area contributed by atoms with Crippen LogP contribution in [0.5, 0.6) is 0 Å². The SMILES string of the molecule is CCC1SCCSC1C(O)c1ccc(C(F)(F)F)c(F)c1. The van der Waals surface area contributed by atoms with Crippen LogP contribution in [0.4, 0.5) is 17.6 Å². The molecule has 118 valence electrons. The molecule has 1 heterocycles. The van der Waals surface area contributed by atoms with Crippen molar-refractivity contribution >= 4 is 23.5 Å². The quantitative estimate of drug-likeness (QED) is 0.818. The highest BCUT2D eigenvalue weighted by molar-refractivity contribution is 8.07. The number of aliphatic hydroxyl groups is 1. The largest absolute Gasteiger partial charge is 0.419 e. The zero-order valence-electron chi connectivity index (χ0n) is 11.4. The lowest BCUT2D eigenvalue weighted by Crippen LogP contribution is -2.31. The van der Waals surface area contributed by atoms with Crippen LogP contribution in [-0.2, 0) is 6.18 Å². The molecule has 0 bridgehead atoms. The lowest BCUT2D eigenvalue weighted by molar-refractivity contribution is -0.140.